The van der Waals surface area contributed by atoms with Crippen LogP contribution in [0.2, 0.25) is 0 Å². The van der Waals surface area contributed by atoms with Crippen LogP contribution in [0.15, 0.2) is 72.3 Å². The first-order valence-electron chi connectivity index (χ1n) is 8.22. The minimum Gasteiger partial charge on any atom is -0.465 e. The molecule has 0 saturated carbocycles. The van der Waals surface area contributed by atoms with Crippen molar-refractivity contribution >= 4 is 34.4 Å². The van der Waals surface area contributed by atoms with E-state index in [-0.39, 0.29) is 11.1 Å². The second-order valence-electron chi connectivity index (χ2n) is 5.73. The van der Waals surface area contributed by atoms with E-state index in [1.807, 2.05) is 42.5 Å². The highest BCUT2D eigenvalue weighted by atomic mass is 16.5. The predicted octanol–water partition coefficient (Wildman–Crippen LogP) is 4.17. The Hall–Kier alpha value is -3.91. The number of anilines is 1. The number of nitriles is 1. The van der Waals surface area contributed by atoms with Crippen LogP contribution < -0.4 is 5.32 Å². The first-order valence-corrected chi connectivity index (χ1v) is 8.22. The summed E-state index contributed by atoms with van der Waals surface area (Å²) in [6, 6.07) is 21.7. The molecule has 0 heterocycles. The molecular formula is C22H16N2O3. The topological polar surface area (TPSA) is 79.2 Å². The molecule has 0 aliphatic rings. The molecule has 0 aliphatic carbocycles. The minimum absolute atomic E-state index is 0.112. The van der Waals surface area contributed by atoms with Crippen LogP contribution in [0.25, 0.3) is 16.8 Å². The molecule has 5 heteroatoms. The average Bonchev–Trinajstić information content (AvgIpc) is 2.72. The van der Waals surface area contributed by atoms with Crippen molar-refractivity contribution in [3.63, 3.8) is 0 Å². The number of ether oxygens (including phenoxy) is 1. The smallest absolute Gasteiger partial charge is 0.338 e. The number of esters is 1. The molecule has 0 unspecified atom stereocenters. The Labute approximate surface area is 156 Å². The van der Waals surface area contributed by atoms with Crippen molar-refractivity contribution in [1.29, 1.82) is 5.26 Å². The zero-order chi connectivity index (χ0) is 19.2. The van der Waals surface area contributed by atoms with Crippen LogP contribution in [0.3, 0.4) is 0 Å². The number of hydrogen-bond acceptors (Lipinski definition) is 4. The van der Waals surface area contributed by atoms with Gasteiger partial charge in [-0.1, -0.05) is 54.6 Å². The zero-order valence-corrected chi connectivity index (χ0v) is 14.6. The van der Waals surface area contributed by atoms with Gasteiger partial charge in [0.1, 0.15) is 11.6 Å². The summed E-state index contributed by atoms with van der Waals surface area (Å²) < 4.78 is 4.74. The molecule has 0 aromatic heterocycles. The third-order valence-electron chi connectivity index (χ3n) is 4.07. The summed E-state index contributed by atoms with van der Waals surface area (Å²) in [6.45, 7) is 0. The molecule has 3 rings (SSSR count). The van der Waals surface area contributed by atoms with Crippen molar-refractivity contribution in [2.45, 2.75) is 0 Å². The number of carbonyl (C=O) groups is 2. The molecule has 132 valence electrons. The summed E-state index contributed by atoms with van der Waals surface area (Å²) >= 11 is 0. The second kappa shape index (κ2) is 7.98. The Bertz CT molecular complexity index is 1090. The predicted molar refractivity (Wildman–Crippen MR) is 104 cm³/mol. The zero-order valence-electron chi connectivity index (χ0n) is 14.6. The van der Waals surface area contributed by atoms with Crippen molar-refractivity contribution in [2.24, 2.45) is 0 Å². The van der Waals surface area contributed by atoms with Crippen LogP contribution in [0.5, 0.6) is 0 Å². The van der Waals surface area contributed by atoms with Crippen LogP contribution in [0.4, 0.5) is 5.69 Å². The fourth-order valence-electron chi connectivity index (χ4n) is 2.75. The lowest BCUT2D eigenvalue weighted by molar-refractivity contribution is -0.112. The molecule has 3 aromatic rings. The van der Waals surface area contributed by atoms with E-state index in [0.717, 1.165) is 10.8 Å². The van der Waals surface area contributed by atoms with Crippen LogP contribution in [-0.2, 0) is 9.53 Å². The summed E-state index contributed by atoms with van der Waals surface area (Å²) in [5.41, 5.74) is 1.22. The SMILES string of the molecule is COC(=O)c1ccccc1/C=C(\C#N)C(=O)Nc1cccc2ccccc12. The third kappa shape index (κ3) is 3.86. The highest BCUT2D eigenvalue weighted by Crippen LogP contribution is 2.24. The molecule has 0 atom stereocenters. The van der Waals surface area contributed by atoms with E-state index in [2.05, 4.69) is 5.32 Å². The molecule has 27 heavy (non-hydrogen) atoms. The molecule has 0 saturated heterocycles. The quantitative estimate of drug-likeness (QED) is 0.432. The Morgan fingerprint density at radius 3 is 2.48 bits per heavy atom. The molecule has 0 fully saturated rings. The fourth-order valence-corrected chi connectivity index (χ4v) is 2.75. The van der Waals surface area contributed by atoms with E-state index in [9.17, 15) is 14.9 Å². The summed E-state index contributed by atoms with van der Waals surface area (Å²) in [7, 11) is 1.28. The molecular weight excluding hydrogens is 340 g/mol. The van der Waals surface area contributed by atoms with E-state index < -0.39 is 11.9 Å². The maximum Gasteiger partial charge on any atom is 0.338 e. The normalized spacial score (nSPS) is 10.9. The summed E-state index contributed by atoms with van der Waals surface area (Å²) in [4.78, 5) is 24.5. The molecule has 3 aromatic carbocycles. The number of carbonyl (C=O) groups excluding carboxylic acids is 2. The summed E-state index contributed by atoms with van der Waals surface area (Å²) in [5.74, 6) is -1.08. The van der Waals surface area contributed by atoms with Crippen molar-refractivity contribution in [2.75, 3.05) is 12.4 Å². The van der Waals surface area contributed by atoms with Crippen LogP contribution in [0.1, 0.15) is 15.9 Å². The van der Waals surface area contributed by atoms with Crippen LogP contribution in [0, 0.1) is 11.3 Å². The monoisotopic (exact) mass is 356 g/mol. The number of hydrogen-bond donors (Lipinski definition) is 1. The van der Waals surface area contributed by atoms with Gasteiger partial charge in [0, 0.05) is 11.1 Å². The van der Waals surface area contributed by atoms with E-state index in [0.29, 0.717) is 11.3 Å². The van der Waals surface area contributed by atoms with Gasteiger partial charge in [-0.25, -0.2) is 4.79 Å². The first kappa shape index (κ1) is 17.9. The Morgan fingerprint density at radius 1 is 1.00 bits per heavy atom. The number of nitrogens with one attached hydrogen (secondary N) is 1. The minimum atomic E-state index is -0.548. The van der Waals surface area contributed by atoms with Crippen LogP contribution in [-0.4, -0.2) is 19.0 Å². The largest absolute Gasteiger partial charge is 0.465 e. The van der Waals surface area contributed by atoms with Gasteiger partial charge in [0.05, 0.1) is 12.7 Å². The van der Waals surface area contributed by atoms with Gasteiger partial charge in [0.15, 0.2) is 0 Å². The first-order chi connectivity index (χ1) is 13.1. The second-order valence-corrected chi connectivity index (χ2v) is 5.73. The maximum absolute atomic E-state index is 12.6. The van der Waals surface area contributed by atoms with Gasteiger partial charge in [-0.2, -0.15) is 5.26 Å². The average molecular weight is 356 g/mol. The van der Waals surface area contributed by atoms with E-state index in [1.165, 1.54) is 13.2 Å². The highest BCUT2D eigenvalue weighted by Gasteiger charge is 2.14. The number of rotatable bonds is 4. The molecule has 1 N–H and O–H groups in total. The van der Waals surface area contributed by atoms with Crippen molar-refractivity contribution in [1.82, 2.24) is 0 Å². The lowest BCUT2D eigenvalue weighted by atomic mass is 10.0. The molecule has 0 spiro atoms. The number of fused-ring (bicyclic) bond motifs is 1. The fraction of sp³-hybridized carbons (Fsp3) is 0.0455. The standard InChI is InChI=1S/C22H16N2O3/c1-27-22(26)19-11-5-3-8-16(19)13-17(14-23)21(25)24-20-12-6-9-15-7-2-4-10-18(15)20/h2-13H,1H3,(H,24,25)/b17-13+. The van der Waals surface area contributed by atoms with Gasteiger partial charge < -0.3 is 10.1 Å². The molecule has 1 amide bonds. The van der Waals surface area contributed by atoms with Gasteiger partial charge in [-0.15, -0.1) is 0 Å². The van der Waals surface area contributed by atoms with E-state index in [1.54, 1.807) is 30.3 Å². The number of amides is 1. The van der Waals surface area contributed by atoms with Gasteiger partial charge in [0.25, 0.3) is 5.91 Å². The molecule has 0 bridgehead atoms. The molecule has 5 nitrogen and oxygen atoms in total. The Balaban J connectivity index is 1.95. The van der Waals surface area contributed by atoms with Crippen molar-refractivity contribution in [3.8, 4) is 6.07 Å². The summed E-state index contributed by atoms with van der Waals surface area (Å²) in [5, 5.41) is 14.1. The number of nitrogens with zero attached hydrogens (tertiary/aromatic N) is 1. The number of benzene rings is 3. The van der Waals surface area contributed by atoms with Gasteiger partial charge in [0.2, 0.25) is 0 Å². The van der Waals surface area contributed by atoms with Gasteiger partial charge in [-0.3, -0.25) is 4.79 Å². The van der Waals surface area contributed by atoms with E-state index in [4.69, 9.17) is 4.74 Å². The summed E-state index contributed by atoms with van der Waals surface area (Å²) in [6.07, 6.45) is 1.38. The molecule has 0 aliphatic heterocycles. The molecule has 0 radical (unpaired) electrons. The Kier molecular flexibility index (Phi) is 5.29. The lowest BCUT2D eigenvalue weighted by Crippen LogP contribution is -2.14. The third-order valence-corrected chi connectivity index (χ3v) is 4.07. The Morgan fingerprint density at radius 2 is 1.70 bits per heavy atom. The van der Waals surface area contributed by atoms with Crippen LogP contribution >= 0.6 is 0 Å². The van der Waals surface area contributed by atoms with Crippen molar-refractivity contribution < 1.29 is 14.3 Å². The van der Waals surface area contributed by atoms with Gasteiger partial charge in [-0.05, 0) is 29.2 Å². The lowest BCUT2D eigenvalue weighted by Gasteiger charge is -2.09. The van der Waals surface area contributed by atoms with Gasteiger partial charge >= 0.3 is 5.97 Å². The van der Waals surface area contributed by atoms with Crippen molar-refractivity contribution in [3.05, 3.63) is 83.4 Å². The highest BCUT2D eigenvalue weighted by molar-refractivity contribution is 6.13. The maximum atomic E-state index is 12.6. The van der Waals surface area contributed by atoms with E-state index >= 15 is 0 Å². The number of methoxy groups -OCH3 is 1.